The van der Waals surface area contributed by atoms with Crippen molar-refractivity contribution in [2.24, 2.45) is 0 Å². The number of phenols is 2. The second-order valence-electron chi connectivity index (χ2n) is 4.35. The van der Waals surface area contributed by atoms with Crippen molar-refractivity contribution in [3.63, 3.8) is 0 Å². The number of phenolic OH excluding ortho intramolecular Hbond substituents is 2. The molecule has 1 aliphatic heterocycles. The fourth-order valence-electron chi connectivity index (χ4n) is 2.05. The first kappa shape index (κ1) is 11.0. The molecule has 0 saturated carbocycles. The van der Waals surface area contributed by atoms with Crippen LogP contribution in [-0.4, -0.2) is 33.4 Å². The molecule has 1 saturated heterocycles. The van der Waals surface area contributed by atoms with E-state index in [9.17, 15) is 10.2 Å². The minimum atomic E-state index is -0.193. The van der Waals surface area contributed by atoms with Gasteiger partial charge in [0.2, 0.25) is 11.7 Å². The van der Waals surface area contributed by atoms with Crippen molar-refractivity contribution in [1.29, 1.82) is 0 Å². The highest BCUT2D eigenvalue weighted by Crippen LogP contribution is 2.30. The first-order valence-corrected chi connectivity index (χ1v) is 5.81. The number of rotatable bonds is 2. The molecule has 1 atom stereocenters. The quantitative estimate of drug-likeness (QED) is 0.691. The standard InChI is InChI=1S/C12H13N3O3/c16-9-2-1-7(5-10(9)17)11-14-12(18-15-11)8-3-4-13-6-8/h1-2,5,8,13,16-17H,3-4,6H2. The van der Waals surface area contributed by atoms with Gasteiger partial charge in [-0.25, -0.2) is 0 Å². The Labute approximate surface area is 103 Å². The highest BCUT2D eigenvalue weighted by atomic mass is 16.5. The van der Waals surface area contributed by atoms with E-state index in [0.29, 0.717) is 17.3 Å². The molecule has 94 valence electrons. The van der Waals surface area contributed by atoms with Gasteiger partial charge in [-0.3, -0.25) is 0 Å². The van der Waals surface area contributed by atoms with E-state index < -0.39 is 0 Å². The van der Waals surface area contributed by atoms with Crippen LogP contribution < -0.4 is 5.32 Å². The zero-order valence-corrected chi connectivity index (χ0v) is 9.63. The highest BCUT2D eigenvalue weighted by molar-refractivity contribution is 5.59. The van der Waals surface area contributed by atoms with Crippen LogP contribution in [0.5, 0.6) is 11.5 Å². The Morgan fingerprint density at radius 2 is 2.17 bits per heavy atom. The van der Waals surface area contributed by atoms with Crippen molar-refractivity contribution in [2.75, 3.05) is 13.1 Å². The first-order valence-electron chi connectivity index (χ1n) is 5.81. The summed E-state index contributed by atoms with van der Waals surface area (Å²) in [5.74, 6) is 0.940. The first-order chi connectivity index (χ1) is 8.74. The number of aromatic hydroxyl groups is 2. The maximum Gasteiger partial charge on any atom is 0.231 e. The Morgan fingerprint density at radius 3 is 2.89 bits per heavy atom. The summed E-state index contributed by atoms with van der Waals surface area (Å²) < 4.78 is 5.23. The molecule has 2 heterocycles. The van der Waals surface area contributed by atoms with E-state index in [1.54, 1.807) is 6.07 Å². The molecular formula is C12H13N3O3. The van der Waals surface area contributed by atoms with Gasteiger partial charge >= 0.3 is 0 Å². The molecule has 1 fully saturated rings. The Bertz CT molecular complexity index is 561. The largest absolute Gasteiger partial charge is 0.504 e. The number of benzene rings is 1. The van der Waals surface area contributed by atoms with Gasteiger partial charge in [-0.05, 0) is 31.2 Å². The van der Waals surface area contributed by atoms with Crippen molar-refractivity contribution >= 4 is 0 Å². The molecule has 0 amide bonds. The number of aromatic nitrogens is 2. The fourth-order valence-corrected chi connectivity index (χ4v) is 2.05. The number of hydrogen-bond acceptors (Lipinski definition) is 6. The minimum absolute atomic E-state index is 0.164. The summed E-state index contributed by atoms with van der Waals surface area (Å²) in [6.07, 6.45) is 0.989. The number of hydrogen-bond donors (Lipinski definition) is 3. The molecule has 0 aliphatic carbocycles. The van der Waals surface area contributed by atoms with Crippen molar-refractivity contribution in [1.82, 2.24) is 15.5 Å². The number of nitrogens with one attached hydrogen (secondary N) is 1. The molecule has 3 rings (SSSR count). The van der Waals surface area contributed by atoms with Gasteiger partial charge in [-0.1, -0.05) is 5.16 Å². The SMILES string of the molecule is Oc1ccc(-c2noc(C3CCNC3)n2)cc1O. The molecule has 3 N–H and O–H groups in total. The van der Waals surface area contributed by atoms with Crippen LogP contribution in [-0.2, 0) is 0 Å². The molecule has 1 unspecified atom stereocenters. The summed E-state index contributed by atoms with van der Waals surface area (Å²) in [5, 5.41) is 25.8. The molecular weight excluding hydrogens is 234 g/mol. The fraction of sp³-hybridized carbons (Fsp3) is 0.333. The lowest BCUT2D eigenvalue weighted by molar-refractivity contribution is 0.359. The predicted octanol–water partition coefficient (Wildman–Crippen LogP) is 1.22. The third-order valence-electron chi connectivity index (χ3n) is 3.08. The van der Waals surface area contributed by atoms with Crippen LogP contribution in [0.1, 0.15) is 18.2 Å². The third kappa shape index (κ3) is 1.91. The average Bonchev–Trinajstić information content (AvgIpc) is 3.01. The van der Waals surface area contributed by atoms with Gasteiger partial charge in [0.25, 0.3) is 0 Å². The van der Waals surface area contributed by atoms with E-state index in [1.807, 2.05) is 0 Å². The van der Waals surface area contributed by atoms with Gasteiger partial charge in [0.1, 0.15) is 0 Å². The van der Waals surface area contributed by atoms with Crippen LogP contribution in [0.3, 0.4) is 0 Å². The van der Waals surface area contributed by atoms with Gasteiger partial charge in [-0.15, -0.1) is 0 Å². The van der Waals surface area contributed by atoms with E-state index in [-0.39, 0.29) is 17.4 Å². The van der Waals surface area contributed by atoms with Gasteiger partial charge in [0, 0.05) is 12.1 Å². The Hall–Kier alpha value is -2.08. The molecule has 1 aromatic heterocycles. The summed E-state index contributed by atoms with van der Waals surface area (Å²) in [6.45, 7) is 1.81. The second-order valence-corrected chi connectivity index (χ2v) is 4.35. The van der Waals surface area contributed by atoms with Crippen LogP contribution in [0, 0.1) is 0 Å². The van der Waals surface area contributed by atoms with E-state index in [1.165, 1.54) is 12.1 Å². The molecule has 18 heavy (non-hydrogen) atoms. The zero-order valence-electron chi connectivity index (χ0n) is 9.63. The Morgan fingerprint density at radius 1 is 1.28 bits per heavy atom. The van der Waals surface area contributed by atoms with Gasteiger partial charge in [-0.2, -0.15) is 4.98 Å². The van der Waals surface area contributed by atoms with Crippen LogP contribution >= 0.6 is 0 Å². The van der Waals surface area contributed by atoms with Gasteiger partial charge < -0.3 is 20.1 Å². The Kier molecular flexibility index (Phi) is 2.64. The molecule has 2 aromatic rings. The van der Waals surface area contributed by atoms with E-state index in [2.05, 4.69) is 15.5 Å². The Balaban J connectivity index is 1.89. The summed E-state index contributed by atoms with van der Waals surface area (Å²) in [4.78, 5) is 4.32. The monoisotopic (exact) mass is 247 g/mol. The molecule has 0 radical (unpaired) electrons. The van der Waals surface area contributed by atoms with Crippen molar-refractivity contribution < 1.29 is 14.7 Å². The molecule has 1 aromatic carbocycles. The maximum atomic E-state index is 9.43. The molecule has 0 spiro atoms. The lowest BCUT2D eigenvalue weighted by atomic mass is 10.1. The highest BCUT2D eigenvalue weighted by Gasteiger charge is 2.23. The topological polar surface area (TPSA) is 91.4 Å². The van der Waals surface area contributed by atoms with Crippen LogP contribution in [0.2, 0.25) is 0 Å². The van der Waals surface area contributed by atoms with Crippen molar-refractivity contribution in [2.45, 2.75) is 12.3 Å². The summed E-state index contributed by atoms with van der Waals surface area (Å²) >= 11 is 0. The maximum absolute atomic E-state index is 9.43. The lowest BCUT2D eigenvalue weighted by Crippen LogP contribution is -2.08. The van der Waals surface area contributed by atoms with Crippen LogP contribution in [0.25, 0.3) is 11.4 Å². The van der Waals surface area contributed by atoms with Crippen molar-refractivity contribution in [3.8, 4) is 22.9 Å². The van der Waals surface area contributed by atoms with Gasteiger partial charge in [0.15, 0.2) is 11.5 Å². The van der Waals surface area contributed by atoms with E-state index >= 15 is 0 Å². The lowest BCUT2D eigenvalue weighted by Gasteiger charge is -1.99. The van der Waals surface area contributed by atoms with E-state index in [4.69, 9.17) is 4.52 Å². The van der Waals surface area contributed by atoms with Gasteiger partial charge in [0.05, 0.1) is 5.92 Å². The average molecular weight is 247 g/mol. The molecule has 6 nitrogen and oxygen atoms in total. The van der Waals surface area contributed by atoms with Crippen LogP contribution in [0.15, 0.2) is 22.7 Å². The third-order valence-corrected chi connectivity index (χ3v) is 3.08. The molecule has 1 aliphatic rings. The zero-order chi connectivity index (χ0) is 12.5. The summed E-state index contributed by atoms with van der Waals surface area (Å²) in [7, 11) is 0. The molecule has 6 heteroatoms. The molecule has 0 bridgehead atoms. The van der Waals surface area contributed by atoms with Crippen LogP contribution in [0.4, 0.5) is 0 Å². The smallest absolute Gasteiger partial charge is 0.231 e. The normalized spacial score (nSPS) is 19.2. The van der Waals surface area contributed by atoms with E-state index in [0.717, 1.165) is 19.5 Å². The van der Waals surface area contributed by atoms with Crippen molar-refractivity contribution in [3.05, 3.63) is 24.1 Å². The minimum Gasteiger partial charge on any atom is -0.504 e. The number of nitrogens with zero attached hydrogens (tertiary/aromatic N) is 2. The predicted molar refractivity (Wildman–Crippen MR) is 63.3 cm³/mol. The summed E-state index contributed by atoms with van der Waals surface area (Å²) in [5.41, 5.74) is 0.617. The second kappa shape index (κ2) is 4.30. The summed E-state index contributed by atoms with van der Waals surface area (Å²) in [6, 6.07) is 4.45.